The second kappa shape index (κ2) is 8.56. The van der Waals surface area contributed by atoms with Crippen molar-refractivity contribution in [2.24, 2.45) is 9.98 Å². The third-order valence-electron chi connectivity index (χ3n) is 4.66. The van der Waals surface area contributed by atoms with E-state index in [0.29, 0.717) is 0 Å². The summed E-state index contributed by atoms with van der Waals surface area (Å²) in [5.74, 6) is 1.67. The summed E-state index contributed by atoms with van der Waals surface area (Å²) in [7, 11) is 3.90. The molecule has 8 heteroatoms. The van der Waals surface area contributed by atoms with Crippen LogP contribution in [0.4, 0.5) is 11.4 Å². The second-order valence-electron chi connectivity index (χ2n) is 6.82. The van der Waals surface area contributed by atoms with E-state index in [4.69, 9.17) is 0 Å². The SMILES string of the molecule is Bn1ccnc1/C=N/c1ccc(Cc2ccc(/N=C/c3nccn3B)cc2)cc1. The van der Waals surface area contributed by atoms with Crippen LogP contribution in [0.3, 0.4) is 0 Å². The van der Waals surface area contributed by atoms with Gasteiger partial charge >= 0.3 is 0 Å². The molecule has 0 saturated carbocycles. The van der Waals surface area contributed by atoms with Gasteiger partial charge in [0, 0.05) is 24.8 Å². The summed E-state index contributed by atoms with van der Waals surface area (Å²) in [6, 6.07) is 16.5. The van der Waals surface area contributed by atoms with Crippen LogP contribution in [0.1, 0.15) is 22.8 Å². The van der Waals surface area contributed by atoms with Gasteiger partial charge in [0.25, 0.3) is 0 Å². The van der Waals surface area contributed by atoms with Gasteiger partial charge in [-0.25, -0.2) is 9.97 Å². The third-order valence-corrected chi connectivity index (χ3v) is 4.66. The van der Waals surface area contributed by atoms with Gasteiger partial charge in [-0.3, -0.25) is 9.98 Å². The summed E-state index contributed by atoms with van der Waals surface area (Å²) in [5, 5.41) is 0. The van der Waals surface area contributed by atoms with Crippen LogP contribution in [0.5, 0.6) is 0 Å². The van der Waals surface area contributed by atoms with E-state index in [1.54, 1.807) is 24.8 Å². The maximum absolute atomic E-state index is 4.49. The van der Waals surface area contributed by atoms with E-state index in [1.807, 2.05) is 61.6 Å². The highest BCUT2D eigenvalue weighted by atomic mass is 15.0. The van der Waals surface area contributed by atoms with E-state index >= 15 is 0 Å². The lowest BCUT2D eigenvalue weighted by Gasteiger charge is -2.03. The summed E-state index contributed by atoms with van der Waals surface area (Å²) >= 11 is 0. The molecule has 0 unspecified atom stereocenters. The van der Waals surface area contributed by atoms with Crippen LogP contribution in [-0.4, -0.2) is 47.3 Å². The summed E-state index contributed by atoms with van der Waals surface area (Å²) in [4.78, 5) is 17.5. The lowest BCUT2D eigenvalue weighted by atomic mass is 10.0. The minimum atomic E-state index is 0.833. The van der Waals surface area contributed by atoms with Gasteiger partial charge in [0.15, 0.2) is 0 Å². The number of aromatic nitrogens is 4. The average Bonchev–Trinajstić information content (AvgIpc) is 3.34. The van der Waals surface area contributed by atoms with Crippen molar-refractivity contribution in [1.29, 1.82) is 0 Å². The molecular formula is C21H20B2N6. The third kappa shape index (κ3) is 4.79. The molecule has 0 amide bonds. The molecule has 0 atom stereocenters. The Bertz CT molecular complexity index is 1050. The minimum Gasteiger partial charge on any atom is -0.382 e. The van der Waals surface area contributed by atoms with Crippen LogP contribution in [0.15, 0.2) is 83.3 Å². The molecule has 2 aromatic carbocycles. The van der Waals surface area contributed by atoms with Gasteiger partial charge in [0.1, 0.15) is 11.6 Å². The Balaban J connectivity index is 1.38. The van der Waals surface area contributed by atoms with Gasteiger partial charge in [-0.15, -0.1) is 0 Å². The van der Waals surface area contributed by atoms with Crippen molar-refractivity contribution in [3.8, 4) is 0 Å². The van der Waals surface area contributed by atoms with Gasteiger partial charge in [0.2, 0.25) is 16.0 Å². The van der Waals surface area contributed by atoms with Crippen LogP contribution in [-0.2, 0) is 6.42 Å². The van der Waals surface area contributed by atoms with Crippen molar-refractivity contribution >= 4 is 39.8 Å². The summed E-state index contributed by atoms with van der Waals surface area (Å²) in [6.07, 6.45) is 11.8. The summed E-state index contributed by atoms with van der Waals surface area (Å²) in [6.45, 7) is 0. The zero-order valence-electron chi connectivity index (χ0n) is 16.5. The highest BCUT2D eigenvalue weighted by Gasteiger charge is 1.99. The molecule has 0 N–H and O–H groups in total. The zero-order valence-corrected chi connectivity index (χ0v) is 16.5. The molecule has 4 aromatic rings. The molecule has 29 heavy (non-hydrogen) atoms. The molecule has 0 fully saturated rings. The van der Waals surface area contributed by atoms with E-state index in [2.05, 4.69) is 44.2 Å². The van der Waals surface area contributed by atoms with Crippen molar-refractivity contribution < 1.29 is 0 Å². The van der Waals surface area contributed by atoms with Crippen molar-refractivity contribution in [3.63, 3.8) is 0 Å². The number of imidazole rings is 2. The first-order valence-corrected chi connectivity index (χ1v) is 9.38. The van der Waals surface area contributed by atoms with Crippen LogP contribution >= 0.6 is 0 Å². The highest BCUT2D eigenvalue weighted by Crippen LogP contribution is 2.18. The standard InChI is InChI=1S/C21H20B2N6/c22-28-11-9-24-20(28)14-26-18-5-1-16(2-6-18)13-17-3-7-19(8-4-17)27-15-21-25-10-12-29(21)23/h1-12,14-15H,13,22-23H2/b26-14+,27-15+. The van der Waals surface area contributed by atoms with E-state index in [1.165, 1.54) is 11.1 Å². The maximum atomic E-state index is 4.49. The maximum Gasteiger partial charge on any atom is 0.225 e. The molecule has 0 aliphatic rings. The number of hydrogen-bond donors (Lipinski definition) is 0. The van der Waals surface area contributed by atoms with Crippen LogP contribution in [0.25, 0.3) is 0 Å². The Hall–Kier alpha value is -3.67. The van der Waals surface area contributed by atoms with E-state index in [-0.39, 0.29) is 0 Å². The van der Waals surface area contributed by atoms with Crippen LogP contribution in [0.2, 0.25) is 0 Å². The molecular weight excluding hydrogens is 358 g/mol. The molecule has 6 nitrogen and oxygen atoms in total. The highest BCUT2D eigenvalue weighted by molar-refractivity contribution is 6.09. The van der Waals surface area contributed by atoms with Gasteiger partial charge in [-0.1, -0.05) is 24.3 Å². The number of rotatable bonds is 6. The number of benzene rings is 2. The number of nitrogens with zero attached hydrogens (tertiary/aromatic N) is 6. The fourth-order valence-corrected chi connectivity index (χ4v) is 2.90. The Labute approximate surface area is 171 Å². The largest absolute Gasteiger partial charge is 0.382 e. The van der Waals surface area contributed by atoms with Gasteiger partial charge in [-0.2, -0.15) is 0 Å². The quantitative estimate of drug-likeness (QED) is 0.381. The predicted octanol–water partition coefficient (Wildman–Crippen LogP) is 1.96. The Kier molecular flexibility index (Phi) is 5.51. The van der Waals surface area contributed by atoms with Crippen molar-refractivity contribution in [1.82, 2.24) is 18.9 Å². The topological polar surface area (TPSA) is 60.4 Å². The molecule has 0 spiro atoms. The molecule has 0 saturated heterocycles. The summed E-state index contributed by atoms with van der Waals surface area (Å²) in [5.41, 5.74) is 4.31. The minimum absolute atomic E-state index is 0.833. The molecule has 4 rings (SSSR count). The molecule has 0 radical (unpaired) electrons. The van der Waals surface area contributed by atoms with Crippen molar-refractivity contribution in [3.05, 3.63) is 96.1 Å². The molecule has 140 valence electrons. The molecule has 2 aromatic heterocycles. The van der Waals surface area contributed by atoms with E-state index in [0.717, 1.165) is 29.4 Å². The fourth-order valence-electron chi connectivity index (χ4n) is 2.90. The van der Waals surface area contributed by atoms with Gasteiger partial charge in [0.05, 0.1) is 23.8 Å². The Morgan fingerprint density at radius 2 is 1.10 bits per heavy atom. The van der Waals surface area contributed by atoms with Gasteiger partial charge < -0.3 is 8.96 Å². The first-order chi connectivity index (χ1) is 14.2. The smallest absolute Gasteiger partial charge is 0.225 e. The van der Waals surface area contributed by atoms with Gasteiger partial charge in [-0.05, 0) is 41.8 Å². The number of aliphatic imine (C=N–C) groups is 2. The van der Waals surface area contributed by atoms with Crippen molar-refractivity contribution in [2.75, 3.05) is 0 Å². The average molecular weight is 378 g/mol. The Morgan fingerprint density at radius 3 is 1.45 bits per heavy atom. The first kappa shape index (κ1) is 18.7. The summed E-state index contributed by atoms with van der Waals surface area (Å²) < 4.78 is 3.86. The first-order valence-electron chi connectivity index (χ1n) is 9.38. The van der Waals surface area contributed by atoms with Crippen molar-refractivity contribution in [2.45, 2.75) is 6.42 Å². The molecule has 0 bridgehead atoms. The van der Waals surface area contributed by atoms with Crippen LogP contribution in [0, 0.1) is 0 Å². The lowest BCUT2D eigenvalue weighted by Crippen LogP contribution is -1.97. The Morgan fingerprint density at radius 1 is 0.690 bits per heavy atom. The second-order valence-corrected chi connectivity index (χ2v) is 6.82. The molecule has 0 aliphatic heterocycles. The molecule has 0 aliphatic carbocycles. The van der Waals surface area contributed by atoms with E-state index < -0.39 is 0 Å². The molecule has 2 heterocycles. The van der Waals surface area contributed by atoms with Crippen LogP contribution < -0.4 is 0 Å². The normalized spacial score (nSPS) is 11.6. The number of hydrogen-bond acceptors (Lipinski definition) is 4. The lowest BCUT2D eigenvalue weighted by molar-refractivity contribution is 1.18. The zero-order chi connectivity index (χ0) is 20.1. The predicted molar refractivity (Wildman–Crippen MR) is 123 cm³/mol. The fraction of sp³-hybridized carbons (Fsp3) is 0.0476. The monoisotopic (exact) mass is 378 g/mol. The van der Waals surface area contributed by atoms with E-state index in [9.17, 15) is 0 Å².